The third-order valence-electron chi connectivity index (χ3n) is 2.68. The molecule has 1 fully saturated rings. The Bertz CT molecular complexity index is 215. The van der Waals surface area contributed by atoms with Crippen molar-refractivity contribution in [1.82, 2.24) is 5.32 Å². The predicted molar refractivity (Wildman–Crippen MR) is 52.8 cm³/mol. The SMILES string of the molecule is C#CCNC(C#N)C1CCCCC1. The van der Waals surface area contributed by atoms with E-state index in [1.54, 1.807) is 0 Å². The van der Waals surface area contributed by atoms with Crippen molar-refractivity contribution in [1.29, 1.82) is 5.26 Å². The van der Waals surface area contributed by atoms with Crippen LogP contribution in [0.25, 0.3) is 0 Å². The van der Waals surface area contributed by atoms with Crippen molar-refractivity contribution in [2.75, 3.05) is 6.54 Å². The Morgan fingerprint density at radius 1 is 1.38 bits per heavy atom. The molecule has 1 atom stereocenters. The second-order valence-corrected chi connectivity index (χ2v) is 3.59. The zero-order valence-corrected chi connectivity index (χ0v) is 7.92. The predicted octanol–water partition coefficient (Wildman–Crippen LogP) is 1.68. The Kier molecular flexibility index (Phi) is 4.36. The summed E-state index contributed by atoms with van der Waals surface area (Å²) in [6.45, 7) is 0.509. The maximum absolute atomic E-state index is 8.92. The van der Waals surface area contributed by atoms with Gasteiger partial charge in [-0.3, -0.25) is 5.32 Å². The van der Waals surface area contributed by atoms with Crippen LogP contribution < -0.4 is 5.32 Å². The lowest BCUT2D eigenvalue weighted by Crippen LogP contribution is -2.36. The van der Waals surface area contributed by atoms with Crippen LogP contribution in [0.4, 0.5) is 0 Å². The van der Waals surface area contributed by atoms with Crippen molar-refractivity contribution in [3.8, 4) is 18.4 Å². The van der Waals surface area contributed by atoms with Gasteiger partial charge in [-0.2, -0.15) is 5.26 Å². The molecular formula is C11H16N2. The van der Waals surface area contributed by atoms with Gasteiger partial charge >= 0.3 is 0 Å². The molecule has 2 nitrogen and oxygen atoms in total. The molecule has 1 aliphatic carbocycles. The smallest absolute Gasteiger partial charge is 0.0988 e. The monoisotopic (exact) mass is 176 g/mol. The molecule has 1 rings (SSSR count). The number of terminal acetylenes is 1. The molecular weight excluding hydrogens is 160 g/mol. The Morgan fingerprint density at radius 2 is 2.08 bits per heavy atom. The van der Waals surface area contributed by atoms with Crippen LogP contribution in [0.15, 0.2) is 0 Å². The minimum absolute atomic E-state index is 0.0312. The Morgan fingerprint density at radius 3 is 2.62 bits per heavy atom. The summed E-state index contributed by atoms with van der Waals surface area (Å²) < 4.78 is 0. The van der Waals surface area contributed by atoms with Gasteiger partial charge in [0, 0.05) is 0 Å². The molecule has 2 heteroatoms. The van der Waals surface area contributed by atoms with Crippen LogP contribution in [0, 0.1) is 29.6 Å². The van der Waals surface area contributed by atoms with E-state index in [4.69, 9.17) is 11.7 Å². The minimum Gasteiger partial charge on any atom is -0.291 e. The van der Waals surface area contributed by atoms with E-state index < -0.39 is 0 Å². The van der Waals surface area contributed by atoms with E-state index in [0.717, 1.165) is 0 Å². The molecule has 0 heterocycles. The minimum atomic E-state index is -0.0312. The highest BCUT2D eigenvalue weighted by Crippen LogP contribution is 2.26. The largest absolute Gasteiger partial charge is 0.291 e. The number of hydrogen-bond donors (Lipinski definition) is 1. The summed E-state index contributed by atoms with van der Waals surface area (Å²) in [6, 6.07) is 2.27. The zero-order valence-electron chi connectivity index (χ0n) is 7.92. The van der Waals surface area contributed by atoms with Gasteiger partial charge < -0.3 is 0 Å². The first-order valence-corrected chi connectivity index (χ1v) is 4.95. The van der Waals surface area contributed by atoms with Gasteiger partial charge in [0.1, 0.15) is 0 Å². The zero-order chi connectivity index (χ0) is 9.52. The van der Waals surface area contributed by atoms with Crippen molar-refractivity contribution in [3.63, 3.8) is 0 Å². The van der Waals surface area contributed by atoms with Gasteiger partial charge in [-0.15, -0.1) is 6.42 Å². The number of nitrogens with zero attached hydrogens (tertiary/aromatic N) is 1. The lowest BCUT2D eigenvalue weighted by Gasteiger charge is -2.25. The van der Waals surface area contributed by atoms with E-state index >= 15 is 0 Å². The van der Waals surface area contributed by atoms with Gasteiger partial charge in [-0.1, -0.05) is 25.2 Å². The molecule has 0 bridgehead atoms. The number of rotatable bonds is 3. The van der Waals surface area contributed by atoms with Gasteiger partial charge in [-0.05, 0) is 18.8 Å². The van der Waals surface area contributed by atoms with Gasteiger partial charge in [0.25, 0.3) is 0 Å². The molecule has 0 aromatic rings. The summed E-state index contributed by atoms with van der Waals surface area (Å²) >= 11 is 0. The molecule has 1 N–H and O–H groups in total. The topological polar surface area (TPSA) is 35.8 Å². The van der Waals surface area contributed by atoms with E-state index in [1.807, 2.05) is 0 Å². The Hall–Kier alpha value is -0.990. The molecule has 1 saturated carbocycles. The van der Waals surface area contributed by atoms with Crippen molar-refractivity contribution < 1.29 is 0 Å². The van der Waals surface area contributed by atoms with Crippen LogP contribution in [0.1, 0.15) is 32.1 Å². The Balaban J connectivity index is 2.37. The van der Waals surface area contributed by atoms with Gasteiger partial charge in [0.05, 0.1) is 18.7 Å². The number of hydrogen-bond acceptors (Lipinski definition) is 2. The average molecular weight is 176 g/mol. The molecule has 0 radical (unpaired) electrons. The van der Waals surface area contributed by atoms with Crippen molar-refractivity contribution >= 4 is 0 Å². The highest BCUT2D eigenvalue weighted by molar-refractivity contribution is 4.99. The van der Waals surface area contributed by atoms with Crippen LogP contribution >= 0.6 is 0 Å². The van der Waals surface area contributed by atoms with E-state index in [1.165, 1.54) is 32.1 Å². The maximum atomic E-state index is 8.92. The Labute approximate surface area is 80.3 Å². The molecule has 1 aliphatic rings. The molecule has 0 amide bonds. The maximum Gasteiger partial charge on any atom is 0.0988 e. The third kappa shape index (κ3) is 3.09. The van der Waals surface area contributed by atoms with Crippen LogP contribution in [-0.4, -0.2) is 12.6 Å². The first kappa shape index (κ1) is 10.1. The van der Waals surface area contributed by atoms with E-state index in [-0.39, 0.29) is 6.04 Å². The summed E-state index contributed by atoms with van der Waals surface area (Å²) in [5.41, 5.74) is 0. The second kappa shape index (κ2) is 5.62. The third-order valence-corrected chi connectivity index (χ3v) is 2.68. The fourth-order valence-corrected chi connectivity index (χ4v) is 1.95. The lowest BCUT2D eigenvalue weighted by molar-refractivity contribution is 0.310. The number of nitriles is 1. The highest BCUT2D eigenvalue weighted by Gasteiger charge is 2.22. The molecule has 0 aromatic heterocycles. The summed E-state index contributed by atoms with van der Waals surface area (Å²) in [5.74, 6) is 3.03. The first-order valence-electron chi connectivity index (χ1n) is 4.95. The molecule has 0 spiro atoms. The fraction of sp³-hybridized carbons (Fsp3) is 0.727. The fourth-order valence-electron chi connectivity index (χ4n) is 1.95. The summed E-state index contributed by atoms with van der Waals surface area (Å²) in [5, 5.41) is 12.0. The van der Waals surface area contributed by atoms with E-state index in [9.17, 15) is 0 Å². The molecule has 13 heavy (non-hydrogen) atoms. The molecule has 70 valence electrons. The summed E-state index contributed by atoms with van der Waals surface area (Å²) in [7, 11) is 0. The van der Waals surface area contributed by atoms with Crippen molar-refractivity contribution in [3.05, 3.63) is 0 Å². The van der Waals surface area contributed by atoms with E-state index in [0.29, 0.717) is 12.5 Å². The molecule has 0 aromatic carbocycles. The highest BCUT2D eigenvalue weighted by atomic mass is 14.9. The van der Waals surface area contributed by atoms with Crippen LogP contribution in [-0.2, 0) is 0 Å². The lowest BCUT2D eigenvalue weighted by atomic mass is 9.84. The van der Waals surface area contributed by atoms with Crippen molar-refractivity contribution in [2.45, 2.75) is 38.1 Å². The van der Waals surface area contributed by atoms with Crippen LogP contribution in [0.3, 0.4) is 0 Å². The van der Waals surface area contributed by atoms with Gasteiger partial charge in [0.2, 0.25) is 0 Å². The number of nitrogens with one attached hydrogen (secondary N) is 1. The van der Waals surface area contributed by atoms with Gasteiger partial charge in [0.15, 0.2) is 0 Å². The van der Waals surface area contributed by atoms with Crippen LogP contribution in [0.5, 0.6) is 0 Å². The molecule has 0 aliphatic heterocycles. The molecule has 1 unspecified atom stereocenters. The quantitative estimate of drug-likeness (QED) is 0.664. The van der Waals surface area contributed by atoms with Gasteiger partial charge in [-0.25, -0.2) is 0 Å². The molecule has 0 saturated heterocycles. The standard InChI is InChI=1S/C11H16N2/c1-2-8-13-11(9-12)10-6-4-3-5-7-10/h1,10-11,13H,3-8H2. The second-order valence-electron chi connectivity index (χ2n) is 3.59. The summed E-state index contributed by atoms with van der Waals surface area (Å²) in [6.07, 6.45) is 11.3. The summed E-state index contributed by atoms with van der Waals surface area (Å²) in [4.78, 5) is 0. The average Bonchev–Trinajstić information content (AvgIpc) is 2.21. The normalized spacial score (nSPS) is 20.2. The van der Waals surface area contributed by atoms with E-state index in [2.05, 4.69) is 17.3 Å². The first-order chi connectivity index (χ1) is 6.38. The van der Waals surface area contributed by atoms with Crippen LogP contribution in [0.2, 0.25) is 0 Å². The van der Waals surface area contributed by atoms with Crippen molar-refractivity contribution in [2.24, 2.45) is 5.92 Å².